The number of hydrogen-bond donors (Lipinski definition) is 0. The smallest absolute Gasteiger partial charge is 0.228 e. The van der Waals surface area contributed by atoms with E-state index in [0.717, 1.165) is 55.7 Å². The van der Waals surface area contributed by atoms with E-state index in [1.807, 2.05) is 36.4 Å². The summed E-state index contributed by atoms with van der Waals surface area (Å²) in [5, 5.41) is 2.03. The molecular formula is C40H28N2O2. The lowest BCUT2D eigenvalue weighted by Gasteiger charge is -2.27. The predicted molar refractivity (Wildman–Crippen MR) is 179 cm³/mol. The number of aromatic nitrogens is 1. The fourth-order valence-electron chi connectivity index (χ4n) is 6.99. The molecule has 9 rings (SSSR count). The number of hydrogen-bond acceptors (Lipinski definition) is 4. The molecule has 0 aliphatic heterocycles. The van der Waals surface area contributed by atoms with Crippen LogP contribution < -0.4 is 4.90 Å². The van der Waals surface area contributed by atoms with Gasteiger partial charge in [0.15, 0.2) is 5.58 Å². The number of furan rings is 1. The minimum Gasteiger partial charge on any atom is -0.456 e. The molecule has 8 aromatic rings. The third kappa shape index (κ3) is 3.61. The van der Waals surface area contributed by atoms with Crippen molar-refractivity contribution in [1.29, 1.82) is 0 Å². The lowest BCUT2D eigenvalue weighted by molar-refractivity contribution is 0.620. The first-order valence-corrected chi connectivity index (χ1v) is 15.0. The number of oxazole rings is 1. The summed E-state index contributed by atoms with van der Waals surface area (Å²) in [5.74, 6) is 0.593. The van der Waals surface area contributed by atoms with Crippen LogP contribution in [0.1, 0.15) is 25.0 Å². The van der Waals surface area contributed by atoms with Gasteiger partial charge in [-0.2, -0.15) is 0 Å². The summed E-state index contributed by atoms with van der Waals surface area (Å²) < 4.78 is 12.7. The molecular weight excluding hydrogens is 540 g/mol. The maximum absolute atomic E-state index is 6.50. The van der Waals surface area contributed by atoms with Crippen molar-refractivity contribution in [3.05, 3.63) is 145 Å². The fourth-order valence-corrected chi connectivity index (χ4v) is 6.99. The van der Waals surface area contributed by atoms with Gasteiger partial charge in [0.25, 0.3) is 0 Å². The Bertz CT molecular complexity index is 2350. The Morgan fingerprint density at radius 1 is 0.523 bits per heavy atom. The van der Waals surface area contributed by atoms with Crippen LogP contribution in [0.25, 0.3) is 55.6 Å². The van der Waals surface area contributed by atoms with Gasteiger partial charge in [0.1, 0.15) is 16.7 Å². The van der Waals surface area contributed by atoms with Crippen molar-refractivity contribution in [2.75, 3.05) is 4.90 Å². The molecule has 0 amide bonds. The van der Waals surface area contributed by atoms with E-state index < -0.39 is 0 Å². The predicted octanol–water partition coefficient (Wildman–Crippen LogP) is 11.2. The van der Waals surface area contributed by atoms with Gasteiger partial charge >= 0.3 is 0 Å². The average molecular weight is 569 g/mol. The number of rotatable bonds is 4. The normalized spacial score (nSPS) is 13.4. The molecule has 0 unspecified atom stereocenters. The molecule has 6 aromatic carbocycles. The highest BCUT2D eigenvalue weighted by Gasteiger charge is 2.35. The first-order chi connectivity index (χ1) is 21.6. The third-order valence-electron chi connectivity index (χ3n) is 9.10. The van der Waals surface area contributed by atoms with Crippen LogP contribution in [-0.4, -0.2) is 4.98 Å². The maximum atomic E-state index is 6.50. The minimum absolute atomic E-state index is 0.0401. The second-order valence-corrected chi connectivity index (χ2v) is 12.0. The molecule has 44 heavy (non-hydrogen) atoms. The monoisotopic (exact) mass is 568 g/mol. The average Bonchev–Trinajstić information content (AvgIpc) is 3.72. The first-order valence-electron chi connectivity index (χ1n) is 15.0. The Balaban J connectivity index is 1.22. The van der Waals surface area contributed by atoms with E-state index in [2.05, 4.69) is 116 Å². The quantitative estimate of drug-likeness (QED) is 0.212. The number of benzene rings is 6. The Morgan fingerprint density at radius 2 is 1.23 bits per heavy atom. The van der Waals surface area contributed by atoms with Crippen LogP contribution in [0.5, 0.6) is 0 Å². The first kappa shape index (κ1) is 24.9. The highest BCUT2D eigenvalue weighted by atomic mass is 16.3. The zero-order valence-corrected chi connectivity index (χ0v) is 24.4. The maximum Gasteiger partial charge on any atom is 0.228 e. The van der Waals surface area contributed by atoms with Crippen molar-refractivity contribution in [3.63, 3.8) is 0 Å². The Hall–Kier alpha value is -5.61. The lowest BCUT2D eigenvalue weighted by Crippen LogP contribution is -2.15. The van der Waals surface area contributed by atoms with Gasteiger partial charge in [-0.3, -0.25) is 0 Å². The number of anilines is 3. The Morgan fingerprint density at radius 3 is 2.11 bits per heavy atom. The van der Waals surface area contributed by atoms with Crippen molar-refractivity contribution in [2.45, 2.75) is 19.3 Å². The summed E-state index contributed by atoms with van der Waals surface area (Å²) in [6, 6.07) is 46.6. The molecule has 1 aliphatic rings. The summed E-state index contributed by atoms with van der Waals surface area (Å²) in [6.07, 6.45) is 0. The second-order valence-electron chi connectivity index (χ2n) is 12.0. The van der Waals surface area contributed by atoms with Crippen LogP contribution in [0.4, 0.5) is 17.1 Å². The molecule has 0 saturated carbocycles. The molecule has 1 aliphatic carbocycles. The van der Waals surface area contributed by atoms with E-state index in [4.69, 9.17) is 13.8 Å². The summed E-state index contributed by atoms with van der Waals surface area (Å²) in [5.41, 5.74) is 12.6. The highest BCUT2D eigenvalue weighted by molar-refractivity contribution is 6.12. The molecule has 0 N–H and O–H groups in total. The van der Waals surface area contributed by atoms with Crippen molar-refractivity contribution in [3.8, 4) is 22.6 Å². The molecule has 0 radical (unpaired) electrons. The molecule has 0 saturated heterocycles. The van der Waals surface area contributed by atoms with Gasteiger partial charge < -0.3 is 13.7 Å². The summed E-state index contributed by atoms with van der Waals surface area (Å²) in [4.78, 5) is 7.09. The Labute approximate surface area is 254 Å². The van der Waals surface area contributed by atoms with Crippen molar-refractivity contribution < 1.29 is 8.83 Å². The van der Waals surface area contributed by atoms with Gasteiger partial charge in [-0.25, -0.2) is 4.98 Å². The van der Waals surface area contributed by atoms with Crippen LogP contribution in [0, 0.1) is 0 Å². The molecule has 0 fully saturated rings. The van der Waals surface area contributed by atoms with Gasteiger partial charge in [-0.15, -0.1) is 0 Å². The van der Waals surface area contributed by atoms with E-state index in [0.29, 0.717) is 5.89 Å². The molecule has 4 nitrogen and oxygen atoms in total. The molecule has 210 valence electrons. The van der Waals surface area contributed by atoms with Gasteiger partial charge in [0, 0.05) is 44.9 Å². The zero-order valence-electron chi connectivity index (χ0n) is 24.4. The minimum atomic E-state index is -0.0401. The summed E-state index contributed by atoms with van der Waals surface area (Å²) in [7, 11) is 0. The van der Waals surface area contributed by atoms with E-state index >= 15 is 0 Å². The van der Waals surface area contributed by atoms with Crippen LogP contribution in [-0.2, 0) is 5.41 Å². The summed E-state index contributed by atoms with van der Waals surface area (Å²) >= 11 is 0. The summed E-state index contributed by atoms with van der Waals surface area (Å²) in [6.45, 7) is 4.63. The van der Waals surface area contributed by atoms with E-state index in [9.17, 15) is 0 Å². The van der Waals surface area contributed by atoms with Crippen molar-refractivity contribution in [1.82, 2.24) is 4.98 Å². The largest absolute Gasteiger partial charge is 0.456 e. The zero-order chi connectivity index (χ0) is 29.4. The second kappa shape index (κ2) is 9.19. The van der Waals surface area contributed by atoms with Crippen LogP contribution >= 0.6 is 0 Å². The van der Waals surface area contributed by atoms with E-state index in [1.165, 1.54) is 22.3 Å². The number of nitrogens with zero attached hydrogens (tertiary/aromatic N) is 2. The molecule has 4 heteroatoms. The van der Waals surface area contributed by atoms with Gasteiger partial charge in [0.2, 0.25) is 5.89 Å². The molecule has 0 bridgehead atoms. The van der Waals surface area contributed by atoms with Crippen LogP contribution in [0.2, 0.25) is 0 Å². The molecule has 0 spiro atoms. The standard InChI is InChI=1S/C40H28N2O2/c1-40(2)32-15-7-6-13-28(32)31-23-26(20-22-33(31)40)42(25-11-4-3-5-12-25)27-19-21-29-37(24-27)43-36-18-10-14-30(38(29)36)39-41-34-16-8-9-17-35(34)44-39/h3-24H,1-2H3. The number of para-hydroxylation sites is 3. The Kier molecular flexibility index (Phi) is 5.21. The van der Waals surface area contributed by atoms with E-state index in [1.54, 1.807) is 0 Å². The van der Waals surface area contributed by atoms with Gasteiger partial charge in [-0.05, 0) is 82.9 Å². The highest BCUT2D eigenvalue weighted by Crippen LogP contribution is 2.50. The fraction of sp³-hybridized carbons (Fsp3) is 0.0750. The van der Waals surface area contributed by atoms with Gasteiger partial charge in [0.05, 0.1) is 0 Å². The van der Waals surface area contributed by atoms with Crippen LogP contribution in [0.3, 0.4) is 0 Å². The van der Waals surface area contributed by atoms with Gasteiger partial charge in [-0.1, -0.05) is 80.6 Å². The lowest BCUT2D eigenvalue weighted by atomic mass is 9.82. The van der Waals surface area contributed by atoms with Crippen LogP contribution in [0.15, 0.2) is 142 Å². The number of fused-ring (bicyclic) bond motifs is 7. The molecule has 2 aromatic heterocycles. The SMILES string of the molecule is CC1(C)c2ccccc2-c2cc(N(c3ccccc3)c3ccc4c(c3)oc3cccc(-c5nc6ccccc6o5)c34)ccc21. The molecule has 0 atom stereocenters. The van der Waals surface area contributed by atoms with Crippen molar-refractivity contribution in [2.24, 2.45) is 0 Å². The topological polar surface area (TPSA) is 42.4 Å². The molecule has 2 heterocycles. The van der Waals surface area contributed by atoms with Crippen molar-refractivity contribution >= 4 is 50.1 Å². The van der Waals surface area contributed by atoms with E-state index in [-0.39, 0.29) is 5.41 Å². The third-order valence-corrected chi connectivity index (χ3v) is 9.10.